The molecule has 0 radical (unpaired) electrons. The van der Waals surface area contributed by atoms with E-state index in [-0.39, 0.29) is 0 Å². The molecule has 72 heavy (non-hydrogen) atoms. The van der Waals surface area contributed by atoms with Crippen molar-refractivity contribution in [1.82, 2.24) is 19.9 Å². The quantitative estimate of drug-likeness (QED) is 0.151. The standard InChI is InChI=1S/C66H40N4O2/c1-3-15-51-45(11-1)13-9-17-53(51)55-39-59-60(40-56(55)54-18-10-14-46-12-2-4-16-52(46)54)68-64(48-33-25-42(26-34-48)44-29-37-50(38-30-44)66-70-58-20-6-8-22-62(58)72-66)63(67-59)47-31-23-41(24-32-47)43-27-35-49(36-28-43)65-69-57-19-5-7-21-61(57)71-65/h1-40H. The molecule has 0 atom stereocenters. The summed E-state index contributed by atoms with van der Waals surface area (Å²) in [5.74, 6) is 1.21. The van der Waals surface area contributed by atoms with Gasteiger partial charge in [0.05, 0.1) is 22.4 Å². The van der Waals surface area contributed by atoms with Gasteiger partial charge in [0.2, 0.25) is 11.8 Å². The van der Waals surface area contributed by atoms with E-state index < -0.39 is 0 Å². The Kier molecular flexibility index (Phi) is 9.74. The fraction of sp³-hybridized carbons (Fsp3) is 0. The van der Waals surface area contributed by atoms with Gasteiger partial charge >= 0.3 is 0 Å². The molecule has 0 aliphatic carbocycles. The minimum Gasteiger partial charge on any atom is -0.436 e. The first-order chi connectivity index (χ1) is 35.6. The first kappa shape index (κ1) is 41.2. The van der Waals surface area contributed by atoms with Crippen molar-refractivity contribution in [2.24, 2.45) is 0 Å². The molecule has 14 aromatic rings. The van der Waals surface area contributed by atoms with Crippen LogP contribution in [0.4, 0.5) is 0 Å². The molecule has 0 fully saturated rings. The maximum absolute atomic E-state index is 6.07. The predicted octanol–water partition coefficient (Wildman–Crippen LogP) is 17.6. The van der Waals surface area contributed by atoms with Crippen molar-refractivity contribution in [3.05, 3.63) is 243 Å². The Hall–Kier alpha value is -9.78. The molecule has 336 valence electrons. The number of nitrogens with zero attached hydrogens (tertiary/aromatic N) is 4. The van der Waals surface area contributed by atoms with Crippen molar-refractivity contribution >= 4 is 54.8 Å². The Balaban J connectivity index is 0.894. The van der Waals surface area contributed by atoms with Crippen molar-refractivity contribution < 1.29 is 8.83 Å². The summed E-state index contributed by atoms with van der Waals surface area (Å²) in [7, 11) is 0. The van der Waals surface area contributed by atoms with Crippen LogP contribution in [0.15, 0.2) is 251 Å². The Morgan fingerprint density at radius 3 is 0.972 bits per heavy atom. The molecular weight excluding hydrogens is 881 g/mol. The molecule has 6 heteroatoms. The van der Waals surface area contributed by atoms with Crippen LogP contribution < -0.4 is 0 Å². The highest BCUT2D eigenvalue weighted by Gasteiger charge is 2.20. The zero-order chi connectivity index (χ0) is 47.5. The number of benzene rings is 11. The molecule has 0 unspecified atom stereocenters. The first-order valence-corrected chi connectivity index (χ1v) is 24.1. The second-order valence-electron chi connectivity index (χ2n) is 18.1. The lowest BCUT2D eigenvalue weighted by Gasteiger charge is -2.17. The van der Waals surface area contributed by atoms with E-state index in [0.717, 1.165) is 111 Å². The van der Waals surface area contributed by atoms with E-state index in [1.54, 1.807) is 0 Å². The highest BCUT2D eigenvalue weighted by atomic mass is 16.4. The van der Waals surface area contributed by atoms with E-state index in [9.17, 15) is 0 Å². The van der Waals surface area contributed by atoms with Gasteiger partial charge in [-0.2, -0.15) is 0 Å². The summed E-state index contributed by atoms with van der Waals surface area (Å²) in [5.41, 5.74) is 19.1. The first-order valence-electron chi connectivity index (χ1n) is 24.1. The molecule has 0 aliphatic heterocycles. The van der Waals surface area contributed by atoms with E-state index in [2.05, 4.69) is 194 Å². The van der Waals surface area contributed by atoms with Gasteiger partial charge in [0.25, 0.3) is 0 Å². The Morgan fingerprint density at radius 2 is 0.569 bits per heavy atom. The SMILES string of the molecule is c1ccc2c(-c3cc4nc(-c5ccc(-c6ccc(-c7nc8ccccc8o7)cc6)cc5)c(-c5ccc(-c6ccc(-c7nc8ccccc8o7)cc6)cc5)nc4cc3-c3cccc4ccccc34)cccc2c1. The van der Waals surface area contributed by atoms with Crippen LogP contribution in [0.25, 0.3) is 145 Å². The van der Waals surface area contributed by atoms with E-state index >= 15 is 0 Å². The molecule has 0 N–H and O–H groups in total. The molecular formula is C66H40N4O2. The minimum atomic E-state index is 0.607. The minimum absolute atomic E-state index is 0.607. The number of rotatable bonds is 8. The van der Waals surface area contributed by atoms with E-state index in [1.165, 1.54) is 21.5 Å². The summed E-state index contributed by atoms with van der Waals surface area (Å²) < 4.78 is 12.1. The summed E-state index contributed by atoms with van der Waals surface area (Å²) in [4.78, 5) is 20.6. The zero-order valence-corrected chi connectivity index (χ0v) is 38.7. The summed E-state index contributed by atoms with van der Waals surface area (Å²) in [6, 6.07) is 84.5. The molecule has 3 aromatic heterocycles. The molecule has 6 nitrogen and oxygen atoms in total. The third-order valence-corrected chi connectivity index (χ3v) is 13.8. The molecule has 0 saturated heterocycles. The normalized spacial score (nSPS) is 11.6. The van der Waals surface area contributed by atoms with Crippen LogP contribution in [0.3, 0.4) is 0 Å². The number of hydrogen-bond donors (Lipinski definition) is 0. The van der Waals surface area contributed by atoms with Crippen LogP contribution in [0.2, 0.25) is 0 Å². The fourth-order valence-corrected chi connectivity index (χ4v) is 10.1. The second kappa shape index (κ2) is 17.0. The van der Waals surface area contributed by atoms with Crippen molar-refractivity contribution in [2.45, 2.75) is 0 Å². The third-order valence-electron chi connectivity index (χ3n) is 13.8. The summed E-state index contributed by atoms with van der Waals surface area (Å²) in [6.45, 7) is 0. The van der Waals surface area contributed by atoms with Crippen LogP contribution in [-0.4, -0.2) is 19.9 Å². The van der Waals surface area contributed by atoms with Gasteiger partial charge in [-0.15, -0.1) is 0 Å². The average Bonchev–Trinajstić information content (AvgIpc) is 4.10. The van der Waals surface area contributed by atoms with Gasteiger partial charge < -0.3 is 8.83 Å². The van der Waals surface area contributed by atoms with Crippen LogP contribution in [0.1, 0.15) is 0 Å². The number of para-hydroxylation sites is 4. The molecule has 0 aliphatic rings. The summed E-state index contributed by atoms with van der Waals surface area (Å²) >= 11 is 0. The Bertz CT molecular complexity index is 4000. The van der Waals surface area contributed by atoms with Gasteiger partial charge in [-0.05, 0) is 127 Å². The fourth-order valence-electron chi connectivity index (χ4n) is 10.1. The third kappa shape index (κ3) is 7.29. The number of hydrogen-bond acceptors (Lipinski definition) is 6. The van der Waals surface area contributed by atoms with Crippen LogP contribution >= 0.6 is 0 Å². The maximum Gasteiger partial charge on any atom is 0.227 e. The topological polar surface area (TPSA) is 77.8 Å². The van der Waals surface area contributed by atoms with Crippen LogP contribution in [0.5, 0.6) is 0 Å². The lowest BCUT2D eigenvalue weighted by atomic mass is 9.88. The molecule has 0 saturated carbocycles. The highest BCUT2D eigenvalue weighted by molar-refractivity contribution is 6.08. The van der Waals surface area contributed by atoms with Crippen molar-refractivity contribution in [3.63, 3.8) is 0 Å². The Morgan fingerprint density at radius 1 is 0.236 bits per heavy atom. The number of aromatic nitrogens is 4. The van der Waals surface area contributed by atoms with Gasteiger partial charge in [0.15, 0.2) is 11.2 Å². The van der Waals surface area contributed by atoms with Crippen molar-refractivity contribution in [2.75, 3.05) is 0 Å². The summed E-state index contributed by atoms with van der Waals surface area (Å²) in [5, 5.41) is 4.74. The lowest BCUT2D eigenvalue weighted by molar-refractivity contribution is 0.619. The smallest absolute Gasteiger partial charge is 0.227 e. The van der Waals surface area contributed by atoms with Crippen LogP contribution in [-0.2, 0) is 0 Å². The van der Waals surface area contributed by atoms with Crippen LogP contribution in [0, 0.1) is 0 Å². The van der Waals surface area contributed by atoms with Gasteiger partial charge in [0.1, 0.15) is 11.0 Å². The Labute approximate surface area is 414 Å². The number of fused-ring (bicyclic) bond motifs is 5. The monoisotopic (exact) mass is 920 g/mol. The maximum atomic E-state index is 6.07. The van der Waals surface area contributed by atoms with E-state index in [0.29, 0.717) is 11.8 Å². The molecule has 0 spiro atoms. The molecule has 3 heterocycles. The van der Waals surface area contributed by atoms with Gasteiger partial charge in [-0.1, -0.05) is 182 Å². The van der Waals surface area contributed by atoms with Gasteiger partial charge in [0, 0.05) is 22.3 Å². The number of oxazole rings is 2. The molecule has 11 aromatic carbocycles. The zero-order valence-electron chi connectivity index (χ0n) is 38.7. The molecule has 14 rings (SSSR count). The molecule has 0 bridgehead atoms. The van der Waals surface area contributed by atoms with Gasteiger partial charge in [-0.3, -0.25) is 0 Å². The summed E-state index contributed by atoms with van der Waals surface area (Å²) in [6.07, 6.45) is 0. The largest absolute Gasteiger partial charge is 0.436 e. The highest BCUT2D eigenvalue weighted by Crippen LogP contribution is 2.43. The average molecular weight is 921 g/mol. The predicted molar refractivity (Wildman–Crippen MR) is 293 cm³/mol. The van der Waals surface area contributed by atoms with E-state index in [1.807, 2.05) is 48.5 Å². The lowest BCUT2D eigenvalue weighted by Crippen LogP contribution is -1.98. The second-order valence-corrected chi connectivity index (χ2v) is 18.1. The van der Waals surface area contributed by atoms with Gasteiger partial charge in [-0.25, -0.2) is 19.9 Å². The van der Waals surface area contributed by atoms with Crippen molar-refractivity contribution in [1.29, 1.82) is 0 Å². The van der Waals surface area contributed by atoms with E-state index in [4.69, 9.17) is 28.8 Å². The van der Waals surface area contributed by atoms with Crippen molar-refractivity contribution in [3.8, 4) is 89.9 Å². The molecule has 0 amide bonds.